The molecule has 38 heavy (non-hydrogen) atoms. The van der Waals surface area contributed by atoms with E-state index < -0.39 is 12.0 Å². The van der Waals surface area contributed by atoms with Crippen molar-refractivity contribution in [3.05, 3.63) is 76.2 Å². The molecule has 1 aliphatic rings. The number of esters is 1. The van der Waals surface area contributed by atoms with Gasteiger partial charge >= 0.3 is 5.97 Å². The lowest BCUT2D eigenvalue weighted by Gasteiger charge is -2.33. The van der Waals surface area contributed by atoms with Crippen LogP contribution in [0, 0.1) is 0 Å². The van der Waals surface area contributed by atoms with Gasteiger partial charge in [-0.2, -0.15) is 0 Å². The highest BCUT2D eigenvalue weighted by Crippen LogP contribution is 2.30. The number of thiazole rings is 1. The lowest BCUT2D eigenvalue weighted by Crippen LogP contribution is -2.40. The zero-order valence-corrected chi connectivity index (χ0v) is 23.5. The third-order valence-electron chi connectivity index (χ3n) is 6.45. The van der Waals surface area contributed by atoms with Crippen LogP contribution >= 0.6 is 23.6 Å². The zero-order valence-electron chi connectivity index (χ0n) is 21.8. The summed E-state index contributed by atoms with van der Waals surface area (Å²) >= 11 is 7.13. The first-order valence-corrected chi connectivity index (χ1v) is 13.9. The minimum absolute atomic E-state index is 0.168. The Kier molecular flexibility index (Phi) is 9.30. The van der Waals surface area contributed by atoms with Gasteiger partial charge in [-0.05, 0) is 61.8 Å². The van der Waals surface area contributed by atoms with E-state index in [0.29, 0.717) is 10.8 Å². The largest absolute Gasteiger partial charge is 0.459 e. The highest BCUT2D eigenvalue weighted by molar-refractivity contribution is 7.80. The first-order chi connectivity index (χ1) is 18.3. The van der Waals surface area contributed by atoms with Gasteiger partial charge in [-0.15, -0.1) is 11.3 Å². The quantitative estimate of drug-likeness (QED) is 0.309. The molecule has 10 heteroatoms. The normalized spacial score (nSPS) is 14.4. The van der Waals surface area contributed by atoms with Crippen LogP contribution in [0.1, 0.15) is 46.7 Å². The molecular weight excluding hydrogens is 518 g/mol. The van der Waals surface area contributed by atoms with Crippen molar-refractivity contribution in [3.63, 3.8) is 0 Å². The topological polar surface area (TPSA) is 86.8 Å². The fourth-order valence-corrected chi connectivity index (χ4v) is 5.41. The number of rotatable bonds is 8. The first kappa shape index (κ1) is 27.5. The first-order valence-electron chi connectivity index (χ1n) is 12.6. The van der Waals surface area contributed by atoms with Crippen LogP contribution < -0.4 is 15.5 Å². The summed E-state index contributed by atoms with van der Waals surface area (Å²) in [6, 6.07) is 16.8. The second-order valence-corrected chi connectivity index (χ2v) is 10.8. The summed E-state index contributed by atoms with van der Waals surface area (Å²) in [5.41, 5.74) is 3.32. The van der Waals surface area contributed by atoms with E-state index in [1.165, 1.54) is 11.3 Å². The number of nitrogens with zero attached hydrogens (tertiary/aromatic N) is 3. The molecular formula is C28H33N5O3S2. The van der Waals surface area contributed by atoms with Gasteiger partial charge in [0.1, 0.15) is 18.3 Å². The predicted molar refractivity (Wildman–Crippen MR) is 156 cm³/mol. The van der Waals surface area contributed by atoms with Crippen LogP contribution in [0.15, 0.2) is 60.0 Å². The summed E-state index contributed by atoms with van der Waals surface area (Å²) in [7, 11) is 4.03. The van der Waals surface area contributed by atoms with Crippen molar-refractivity contribution >= 4 is 51.9 Å². The van der Waals surface area contributed by atoms with Gasteiger partial charge in [0.15, 0.2) is 5.11 Å². The molecule has 1 saturated heterocycles. The van der Waals surface area contributed by atoms with Crippen molar-refractivity contribution in [2.24, 2.45) is 0 Å². The molecule has 1 amide bonds. The molecule has 3 aromatic rings. The van der Waals surface area contributed by atoms with Crippen LogP contribution in [-0.2, 0) is 16.1 Å². The summed E-state index contributed by atoms with van der Waals surface area (Å²) < 4.78 is 5.31. The Morgan fingerprint density at radius 2 is 1.82 bits per heavy atom. The number of piperidine rings is 1. The summed E-state index contributed by atoms with van der Waals surface area (Å²) in [4.78, 5) is 33.8. The Balaban J connectivity index is 1.23. The van der Waals surface area contributed by atoms with Crippen LogP contribution in [0.25, 0.3) is 0 Å². The second-order valence-electron chi connectivity index (χ2n) is 9.49. The Labute approximate surface area is 233 Å². The number of nitrogens with one attached hydrogen (secondary N) is 2. The molecule has 1 atom stereocenters. The molecule has 1 fully saturated rings. The molecule has 1 aromatic heterocycles. The molecule has 1 aliphatic heterocycles. The van der Waals surface area contributed by atoms with Crippen molar-refractivity contribution in [3.8, 4) is 0 Å². The number of likely N-dealkylation sites (tertiary alicyclic amines) is 1. The van der Waals surface area contributed by atoms with Gasteiger partial charge in [-0.25, -0.2) is 9.78 Å². The lowest BCUT2D eigenvalue weighted by molar-refractivity contribution is -0.146. The number of ether oxygens (including phenoxy) is 1. The van der Waals surface area contributed by atoms with E-state index in [4.69, 9.17) is 17.0 Å². The van der Waals surface area contributed by atoms with E-state index in [1.54, 1.807) is 12.3 Å². The van der Waals surface area contributed by atoms with Crippen LogP contribution in [0.5, 0.6) is 0 Å². The number of benzene rings is 2. The number of anilines is 2. The van der Waals surface area contributed by atoms with Crippen LogP contribution in [-0.4, -0.2) is 60.1 Å². The van der Waals surface area contributed by atoms with E-state index in [0.717, 1.165) is 47.9 Å². The molecule has 0 spiro atoms. The molecule has 2 aromatic carbocycles. The maximum absolute atomic E-state index is 12.7. The van der Waals surface area contributed by atoms with Gasteiger partial charge in [0.2, 0.25) is 0 Å². The van der Waals surface area contributed by atoms with Crippen LogP contribution in [0.2, 0.25) is 0 Å². The van der Waals surface area contributed by atoms with Crippen molar-refractivity contribution in [1.29, 1.82) is 0 Å². The van der Waals surface area contributed by atoms with Crippen molar-refractivity contribution < 1.29 is 14.3 Å². The van der Waals surface area contributed by atoms with Crippen LogP contribution in [0.3, 0.4) is 0 Å². The SMILES string of the molecule is CC(NC(=O)c1csc(C2CCN(C(=S)Nc3ccc(N(C)C)cc3)CC2)n1)C(=O)OCc1ccccc1. The molecule has 4 rings (SSSR count). The van der Waals surface area contributed by atoms with E-state index in [1.807, 2.05) is 56.6 Å². The molecule has 200 valence electrons. The predicted octanol–water partition coefficient (Wildman–Crippen LogP) is 4.65. The van der Waals surface area contributed by atoms with E-state index in [9.17, 15) is 9.59 Å². The van der Waals surface area contributed by atoms with Gasteiger partial charge in [0, 0.05) is 49.9 Å². The molecule has 0 saturated carbocycles. The number of carbonyl (C=O) groups is 2. The third-order valence-corrected chi connectivity index (χ3v) is 7.81. The van der Waals surface area contributed by atoms with Gasteiger partial charge in [0.25, 0.3) is 5.91 Å². The Hall–Kier alpha value is -3.50. The summed E-state index contributed by atoms with van der Waals surface area (Å²) in [6.45, 7) is 3.41. The van der Waals surface area contributed by atoms with Gasteiger partial charge in [0.05, 0.1) is 5.01 Å². The molecule has 2 heterocycles. The average molecular weight is 552 g/mol. The fourth-order valence-electron chi connectivity index (χ4n) is 4.14. The second kappa shape index (κ2) is 12.8. The minimum atomic E-state index is -0.771. The average Bonchev–Trinajstić information content (AvgIpc) is 3.43. The fraction of sp³-hybridized carbons (Fsp3) is 0.357. The number of thiocarbonyl (C=S) groups is 1. The number of amides is 1. The summed E-state index contributed by atoms with van der Waals surface area (Å²) in [5.74, 6) is -0.587. The van der Waals surface area contributed by atoms with Crippen LogP contribution in [0.4, 0.5) is 11.4 Å². The highest BCUT2D eigenvalue weighted by atomic mass is 32.1. The van der Waals surface area contributed by atoms with Gasteiger partial charge < -0.3 is 25.2 Å². The number of aromatic nitrogens is 1. The molecule has 8 nitrogen and oxygen atoms in total. The zero-order chi connectivity index (χ0) is 27.1. The van der Waals surface area contributed by atoms with Crippen molar-refractivity contribution in [2.75, 3.05) is 37.4 Å². The standard InChI is InChI=1S/C28H33N5O3S2/c1-19(27(35)36-17-20-7-5-4-6-8-20)29-25(34)24-18-38-26(31-24)21-13-15-33(16-14-21)28(37)30-22-9-11-23(12-10-22)32(2)3/h4-12,18-19,21H,13-17H2,1-3H3,(H,29,34)(H,30,37). The molecule has 1 unspecified atom stereocenters. The Morgan fingerprint density at radius 3 is 2.47 bits per heavy atom. The molecule has 0 radical (unpaired) electrons. The van der Waals surface area contributed by atoms with Gasteiger partial charge in [-0.3, -0.25) is 4.79 Å². The summed E-state index contributed by atoms with van der Waals surface area (Å²) in [6.07, 6.45) is 1.80. The highest BCUT2D eigenvalue weighted by Gasteiger charge is 2.26. The lowest BCUT2D eigenvalue weighted by atomic mass is 9.98. The van der Waals surface area contributed by atoms with Gasteiger partial charge in [-0.1, -0.05) is 30.3 Å². The Morgan fingerprint density at radius 1 is 1.13 bits per heavy atom. The van der Waals surface area contributed by atoms with E-state index >= 15 is 0 Å². The minimum Gasteiger partial charge on any atom is -0.459 e. The van der Waals surface area contributed by atoms with Crippen molar-refractivity contribution in [1.82, 2.24) is 15.2 Å². The van der Waals surface area contributed by atoms with E-state index in [-0.39, 0.29) is 18.4 Å². The van der Waals surface area contributed by atoms with Crippen molar-refractivity contribution in [2.45, 2.75) is 38.3 Å². The number of hydrogen-bond donors (Lipinski definition) is 2. The maximum atomic E-state index is 12.7. The third kappa shape index (κ3) is 7.29. The molecule has 0 bridgehead atoms. The molecule has 2 N–H and O–H groups in total. The summed E-state index contributed by atoms with van der Waals surface area (Å²) in [5, 5.41) is 9.44. The number of carbonyl (C=O) groups excluding carboxylic acids is 2. The molecule has 0 aliphatic carbocycles. The smallest absolute Gasteiger partial charge is 0.328 e. The Bertz CT molecular complexity index is 1240. The number of hydrogen-bond acceptors (Lipinski definition) is 7. The maximum Gasteiger partial charge on any atom is 0.328 e. The monoisotopic (exact) mass is 551 g/mol. The van der Waals surface area contributed by atoms with E-state index in [2.05, 4.69) is 37.6 Å².